The molecule has 0 fully saturated rings. The van der Waals surface area contributed by atoms with Crippen molar-refractivity contribution < 1.29 is 14.3 Å². The van der Waals surface area contributed by atoms with Gasteiger partial charge in [-0.15, -0.1) is 0 Å². The first-order chi connectivity index (χ1) is 13.8. The molecule has 0 saturated heterocycles. The van der Waals surface area contributed by atoms with Crippen molar-refractivity contribution in [3.8, 4) is 11.5 Å². The molecule has 0 spiro atoms. The SMILES string of the molecule is O=C(NCC1COc2ccccc2O1)NC(c1ccccc1)c1ccncc1. The van der Waals surface area contributed by atoms with Crippen molar-refractivity contribution in [1.82, 2.24) is 15.6 Å². The average Bonchev–Trinajstić information content (AvgIpc) is 2.77. The Morgan fingerprint density at radius 3 is 2.43 bits per heavy atom. The van der Waals surface area contributed by atoms with Crippen LogP contribution in [0.3, 0.4) is 0 Å². The first kappa shape index (κ1) is 17.9. The number of rotatable bonds is 5. The first-order valence-corrected chi connectivity index (χ1v) is 9.17. The van der Waals surface area contributed by atoms with Crippen LogP contribution in [0.2, 0.25) is 0 Å². The number of hydrogen-bond acceptors (Lipinski definition) is 4. The van der Waals surface area contributed by atoms with Crippen LogP contribution in [0.5, 0.6) is 11.5 Å². The number of nitrogens with zero attached hydrogens (tertiary/aromatic N) is 1. The monoisotopic (exact) mass is 375 g/mol. The lowest BCUT2D eigenvalue weighted by Crippen LogP contribution is -2.45. The number of fused-ring (bicyclic) bond motifs is 1. The molecule has 0 aliphatic carbocycles. The molecule has 1 aliphatic heterocycles. The van der Waals surface area contributed by atoms with Crippen LogP contribution in [0, 0.1) is 0 Å². The quantitative estimate of drug-likeness (QED) is 0.718. The summed E-state index contributed by atoms with van der Waals surface area (Å²) in [5.74, 6) is 1.42. The maximum Gasteiger partial charge on any atom is 0.315 e. The molecule has 2 atom stereocenters. The lowest BCUT2D eigenvalue weighted by Gasteiger charge is -2.27. The number of amides is 2. The molecule has 2 N–H and O–H groups in total. The van der Waals surface area contributed by atoms with Crippen LogP contribution in [0.15, 0.2) is 79.1 Å². The van der Waals surface area contributed by atoms with E-state index in [1.165, 1.54) is 0 Å². The second kappa shape index (κ2) is 8.43. The Kier molecular flexibility index (Phi) is 5.38. The number of nitrogens with one attached hydrogen (secondary N) is 2. The van der Waals surface area contributed by atoms with E-state index in [0.717, 1.165) is 16.9 Å². The summed E-state index contributed by atoms with van der Waals surface area (Å²) in [5, 5.41) is 5.92. The van der Waals surface area contributed by atoms with Crippen molar-refractivity contribution >= 4 is 6.03 Å². The van der Waals surface area contributed by atoms with Gasteiger partial charge in [-0.25, -0.2) is 4.79 Å². The number of aromatic nitrogens is 1. The van der Waals surface area contributed by atoms with Crippen LogP contribution in [0.4, 0.5) is 4.79 Å². The van der Waals surface area contributed by atoms with E-state index in [1.54, 1.807) is 12.4 Å². The van der Waals surface area contributed by atoms with Gasteiger partial charge in [-0.1, -0.05) is 42.5 Å². The third-order valence-corrected chi connectivity index (χ3v) is 4.51. The molecule has 3 aromatic rings. The largest absolute Gasteiger partial charge is 0.486 e. The summed E-state index contributed by atoms with van der Waals surface area (Å²) < 4.78 is 11.6. The Hall–Kier alpha value is -3.54. The Morgan fingerprint density at radius 2 is 1.64 bits per heavy atom. The van der Waals surface area contributed by atoms with Crippen LogP contribution < -0.4 is 20.1 Å². The molecule has 6 heteroatoms. The predicted octanol–water partition coefficient (Wildman–Crippen LogP) is 3.31. The first-order valence-electron chi connectivity index (χ1n) is 9.17. The highest BCUT2D eigenvalue weighted by molar-refractivity contribution is 5.75. The molecule has 0 radical (unpaired) electrons. The van der Waals surface area contributed by atoms with E-state index in [9.17, 15) is 4.79 Å². The van der Waals surface area contributed by atoms with Crippen molar-refractivity contribution in [2.45, 2.75) is 12.1 Å². The van der Waals surface area contributed by atoms with Gasteiger partial charge in [0.25, 0.3) is 0 Å². The molecule has 6 nitrogen and oxygen atoms in total. The maximum atomic E-state index is 12.6. The summed E-state index contributed by atoms with van der Waals surface area (Å²) in [7, 11) is 0. The second-order valence-corrected chi connectivity index (χ2v) is 6.48. The molecule has 2 aromatic carbocycles. The lowest BCUT2D eigenvalue weighted by atomic mass is 10.00. The molecule has 1 aliphatic rings. The van der Waals surface area contributed by atoms with Crippen LogP contribution in [0.25, 0.3) is 0 Å². The number of urea groups is 1. The van der Waals surface area contributed by atoms with E-state index in [1.807, 2.05) is 66.7 Å². The van der Waals surface area contributed by atoms with Crippen molar-refractivity contribution in [2.24, 2.45) is 0 Å². The molecule has 2 heterocycles. The van der Waals surface area contributed by atoms with Crippen LogP contribution in [-0.2, 0) is 0 Å². The van der Waals surface area contributed by atoms with Crippen LogP contribution in [-0.4, -0.2) is 30.3 Å². The number of ether oxygens (including phenoxy) is 2. The number of para-hydroxylation sites is 2. The van der Waals surface area contributed by atoms with E-state index in [-0.39, 0.29) is 18.2 Å². The smallest absolute Gasteiger partial charge is 0.315 e. The van der Waals surface area contributed by atoms with Gasteiger partial charge in [0.1, 0.15) is 6.61 Å². The average molecular weight is 375 g/mol. The Labute approximate surface area is 163 Å². The van der Waals surface area contributed by atoms with Gasteiger partial charge in [-0.2, -0.15) is 0 Å². The van der Waals surface area contributed by atoms with Gasteiger partial charge in [0.15, 0.2) is 17.6 Å². The van der Waals surface area contributed by atoms with E-state index in [2.05, 4.69) is 15.6 Å². The predicted molar refractivity (Wildman–Crippen MR) is 105 cm³/mol. The summed E-state index contributed by atoms with van der Waals surface area (Å²) >= 11 is 0. The maximum absolute atomic E-state index is 12.6. The molecule has 1 aromatic heterocycles. The fraction of sp³-hybridized carbons (Fsp3) is 0.182. The standard InChI is InChI=1S/C22H21N3O3/c26-22(24-14-18-15-27-19-8-4-5-9-20(19)28-18)25-21(16-6-2-1-3-7-16)17-10-12-23-13-11-17/h1-13,18,21H,14-15H2,(H2,24,25,26). The van der Waals surface area contributed by atoms with Crippen molar-refractivity contribution in [3.63, 3.8) is 0 Å². The fourth-order valence-corrected chi connectivity index (χ4v) is 3.11. The minimum Gasteiger partial charge on any atom is -0.486 e. The van der Waals surface area contributed by atoms with E-state index < -0.39 is 0 Å². The van der Waals surface area contributed by atoms with Crippen LogP contribution >= 0.6 is 0 Å². The molecule has 4 rings (SSSR count). The minimum absolute atomic E-state index is 0.239. The summed E-state index contributed by atoms with van der Waals surface area (Å²) in [5.41, 5.74) is 1.96. The number of pyridine rings is 1. The fourth-order valence-electron chi connectivity index (χ4n) is 3.11. The van der Waals surface area contributed by atoms with Crippen LogP contribution in [0.1, 0.15) is 17.2 Å². The van der Waals surface area contributed by atoms with Crippen molar-refractivity contribution in [2.75, 3.05) is 13.2 Å². The van der Waals surface area contributed by atoms with Gasteiger partial charge in [-0.05, 0) is 35.4 Å². The van der Waals surface area contributed by atoms with Gasteiger partial charge in [0.2, 0.25) is 0 Å². The van der Waals surface area contributed by atoms with Gasteiger partial charge in [-0.3, -0.25) is 4.98 Å². The number of carbonyl (C=O) groups is 1. The highest BCUT2D eigenvalue weighted by Crippen LogP contribution is 2.30. The minimum atomic E-state index is -0.270. The molecule has 28 heavy (non-hydrogen) atoms. The highest BCUT2D eigenvalue weighted by atomic mass is 16.6. The van der Waals surface area contributed by atoms with E-state index in [4.69, 9.17) is 9.47 Å². The molecule has 0 saturated carbocycles. The topological polar surface area (TPSA) is 72.5 Å². The lowest BCUT2D eigenvalue weighted by molar-refractivity contribution is 0.0917. The number of hydrogen-bond donors (Lipinski definition) is 2. The van der Waals surface area contributed by atoms with Gasteiger partial charge in [0, 0.05) is 12.4 Å². The van der Waals surface area contributed by atoms with Gasteiger partial charge in [0.05, 0.1) is 12.6 Å². The highest BCUT2D eigenvalue weighted by Gasteiger charge is 2.22. The van der Waals surface area contributed by atoms with E-state index in [0.29, 0.717) is 18.9 Å². The zero-order chi connectivity index (χ0) is 19.2. The molecule has 2 amide bonds. The summed E-state index contributed by atoms with van der Waals surface area (Å²) in [6, 6.07) is 20.6. The third-order valence-electron chi connectivity index (χ3n) is 4.51. The molecule has 2 unspecified atom stereocenters. The Balaban J connectivity index is 1.39. The molecule has 142 valence electrons. The summed E-state index contributed by atoms with van der Waals surface area (Å²) in [6.07, 6.45) is 3.20. The zero-order valence-electron chi connectivity index (χ0n) is 15.2. The molecular weight excluding hydrogens is 354 g/mol. The summed E-state index contributed by atoms with van der Waals surface area (Å²) in [6.45, 7) is 0.738. The zero-order valence-corrected chi connectivity index (χ0v) is 15.2. The number of benzene rings is 2. The third kappa shape index (κ3) is 4.23. The normalized spacial score (nSPS) is 16.1. The molecule has 0 bridgehead atoms. The van der Waals surface area contributed by atoms with Gasteiger partial charge < -0.3 is 20.1 Å². The van der Waals surface area contributed by atoms with E-state index >= 15 is 0 Å². The Bertz CT molecular complexity index is 879. The molecular formula is C22H21N3O3. The Morgan fingerprint density at radius 1 is 0.964 bits per heavy atom. The van der Waals surface area contributed by atoms with Crippen molar-refractivity contribution in [1.29, 1.82) is 0 Å². The summed E-state index contributed by atoms with van der Waals surface area (Å²) in [4.78, 5) is 16.6. The number of carbonyl (C=O) groups excluding carboxylic acids is 1. The van der Waals surface area contributed by atoms with Gasteiger partial charge >= 0.3 is 6.03 Å². The van der Waals surface area contributed by atoms with Crippen molar-refractivity contribution in [3.05, 3.63) is 90.3 Å². The second-order valence-electron chi connectivity index (χ2n) is 6.48.